The number of rotatable bonds is 6. The van der Waals surface area contributed by atoms with Gasteiger partial charge >= 0.3 is 173 Å². The average Bonchev–Trinajstić information content (AvgIpc) is 2.60. The van der Waals surface area contributed by atoms with E-state index in [2.05, 4.69) is 91.8 Å². The molecule has 0 N–H and O–H groups in total. The third kappa shape index (κ3) is 4.02. The van der Waals surface area contributed by atoms with Gasteiger partial charge in [-0.3, -0.25) is 0 Å². The Morgan fingerprint density at radius 2 is 1.00 bits per heavy atom. The van der Waals surface area contributed by atoms with E-state index >= 15 is 0 Å². The van der Waals surface area contributed by atoms with Crippen LogP contribution in [0.15, 0.2) is 44.5 Å². The zero-order valence-corrected chi connectivity index (χ0v) is 20.2. The minimum atomic E-state index is -1.34. The van der Waals surface area contributed by atoms with Crippen LogP contribution in [-0.4, -0.2) is 0 Å². The van der Waals surface area contributed by atoms with E-state index in [1.54, 1.807) is 0 Å². The first kappa shape index (κ1) is 22.2. The fraction of sp³-hybridized carbons (Fsp3) is 0.667. The molecule has 0 nitrogen and oxygen atoms in total. The number of hydrogen-bond acceptors (Lipinski definition) is 0. The van der Waals surface area contributed by atoms with Gasteiger partial charge in [-0.05, 0) is 0 Å². The summed E-state index contributed by atoms with van der Waals surface area (Å²) < 4.78 is 3.01. The van der Waals surface area contributed by atoms with E-state index in [1.165, 1.54) is 8.09 Å². The van der Waals surface area contributed by atoms with Crippen molar-refractivity contribution >= 4 is 9.53 Å². The van der Waals surface area contributed by atoms with Crippen LogP contribution in [0.3, 0.4) is 0 Å². The van der Waals surface area contributed by atoms with Gasteiger partial charge in [0.05, 0.1) is 0 Å². The zero-order valence-electron chi connectivity index (χ0n) is 17.9. The molecule has 0 saturated heterocycles. The Morgan fingerprint density at radius 1 is 0.692 bits per heavy atom. The fourth-order valence-corrected chi connectivity index (χ4v) is 8.48. The van der Waals surface area contributed by atoms with E-state index in [4.69, 9.17) is 9.53 Å². The van der Waals surface area contributed by atoms with Gasteiger partial charge in [-0.15, -0.1) is 0 Å². The maximum absolute atomic E-state index is 7.22. The molecule has 0 unspecified atom stereocenters. The molecule has 0 aromatic carbocycles. The Balaban J connectivity index is 2.28. The molecule has 2 heteroatoms. The van der Waals surface area contributed by atoms with Crippen LogP contribution < -0.4 is 0 Å². The van der Waals surface area contributed by atoms with E-state index < -0.39 is 15.7 Å². The number of allylic oxidation sites excluding steroid dienone is 8. The molecule has 0 bridgehead atoms. The van der Waals surface area contributed by atoms with E-state index in [-0.39, 0.29) is 10.8 Å². The summed E-state index contributed by atoms with van der Waals surface area (Å²) in [5, 5.41) is 0. The van der Waals surface area contributed by atoms with E-state index in [0.717, 1.165) is 12.8 Å². The van der Waals surface area contributed by atoms with Crippen molar-refractivity contribution in [1.29, 1.82) is 0 Å². The van der Waals surface area contributed by atoms with Crippen LogP contribution in [0, 0.1) is 34.5 Å². The summed E-state index contributed by atoms with van der Waals surface area (Å²) >= 11 is -1.34. The summed E-state index contributed by atoms with van der Waals surface area (Å²) in [5.41, 5.74) is 0.494. The van der Waals surface area contributed by atoms with Crippen LogP contribution in [0.1, 0.15) is 68.2 Å². The van der Waals surface area contributed by atoms with Crippen molar-refractivity contribution < 1.29 is 15.7 Å². The first-order chi connectivity index (χ1) is 12.1. The number of hydrogen-bond donors (Lipinski definition) is 0. The van der Waals surface area contributed by atoms with Crippen molar-refractivity contribution in [3.63, 3.8) is 0 Å². The van der Waals surface area contributed by atoms with Crippen LogP contribution in [-0.2, 0) is 15.7 Å². The summed E-state index contributed by atoms with van der Waals surface area (Å²) in [5.74, 6) is 2.51. The zero-order chi connectivity index (χ0) is 19.7. The van der Waals surface area contributed by atoms with Gasteiger partial charge in [0.25, 0.3) is 0 Å². The van der Waals surface area contributed by atoms with Crippen molar-refractivity contribution in [2.45, 2.75) is 68.2 Å². The van der Waals surface area contributed by atoms with Gasteiger partial charge < -0.3 is 0 Å². The predicted octanol–water partition coefficient (Wildman–Crippen LogP) is 8.04. The van der Waals surface area contributed by atoms with Gasteiger partial charge in [0.1, 0.15) is 0 Å². The topological polar surface area (TPSA) is 0 Å². The van der Waals surface area contributed by atoms with Gasteiger partial charge in [-0.2, -0.15) is 0 Å². The first-order valence-corrected chi connectivity index (χ1v) is 13.7. The molecule has 0 aromatic rings. The molecule has 0 atom stereocenters. The quantitative estimate of drug-likeness (QED) is 0.346. The molecular weight excluding hydrogens is 430 g/mol. The van der Waals surface area contributed by atoms with Gasteiger partial charge in [-0.25, -0.2) is 0 Å². The van der Waals surface area contributed by atoms with Crippen LogP contribution >= 0.6 is 9.53 Å². The van der Waals surface area contributed by atoms with Crippen LogP contribution in [0.25, 0.3) is 0 Å². The molecule has 0 fully saturated rings. The molecule has 2 aliphatic rings. The standard InChI is InChI=1S/2C12H19.ClH.Pd/c2*1-10(2)12(11(3)4)8-6-5-7-9-12;;/h2*5-6,8,10-11H,9H2,1-4H3;1H;/p-1. The monoisotopic (exact) mass is 467 g/mol. The summed E-state index contributed by atoms with van der Waals surface area (Å²) in [4.78, 5) is 0. The van der Waals surface area contributed by atoms with E-state index in [9.17, 15) is 0 Å². The SMILES string of the molecule is CC(C)C1(C(C)C)C=CC=[C]([Pd-]([Cl])[C]2=CC=CC(C(C)C)(C(C)C)C2)C1. The Morgan fingerprint density at radius 3 is 1.27 bits per heavy atom. The van der Waals surface area contributed by atoms with Gasteiger partial charge in [0.15, 0.2) is 0 Å². The normalized spacial score (nSPS) is 22.3. The van der Waals surface area contributed by atoms with Crippen LogP contribution in [0.5, 0.6) is 0 Å². The molecule has 2 rings (SSSR count). The second kappa shape index (κ2) is 8.51. The fourth-order valence-electron chi connectivity index (χ4n) is 4.68. The van der Waals surface area contributed by atoms with Crippen molar-refractivity contribution in [2.75, 3.05) is 0 Å². The van der Waals surface area contributed by atoms with Crippen molar-refractivity contribution in [2.24, 2.45) is 34.5 Å². The van der Waals surface area contributed by atoms with Crippen LogP contribution in [0.2, 0.25) is 0 Å². The van der Waals surface area contributed by atoms with Gasteiger partial charge in [0.2, 0.25) is 0 Å². The second-order valence-electron chi connectivity index (χ2n) is 9.26. The second-order valence-corrected chi connectivity index (χ2v) is 13.6. The molecule has 26 heavy (non-hydrogen) atoms. The Bertz CT molecular complexity index is 546. The Kier molecular flexibility index (Phi) is 7.27. The van der Waals surface area contributed by atoms with Crippen molar-refractivity contribution in [3.05, 3.63) is 44.5 Å². The molecule has 0 aromatic heterocycles. The molecule has 0 heterocycles. The third-order valence-electron chi connectivity index (χ3n) is 6.93. The molecule has 0 saturated carbocycles. The Labute approximate surface area is 172 Å². The molecular formula is C24H38ClPd-. The number of halogens is 1. The van der Waals surface area contributed by atoms with Crippen molar-refractivity contribution in [1.82, 2.24) is 0 Å². The van der Waals surface area contributed by atoms with E-state index in [0.29, 0.717) is 23.7 Å². The van der Waals surface area contributed by atoms with E-state index in [1.807, 2.05) is 0 Å². The third-order valence-corrected chi connectivity index (χ3v) is 11.6. The van der Waals surface area contributed by atoms with Gasteiger partial charge in [-0.1, -0.05) is 0 Å². The molecule has 152 valence electrons. The minimum absolute atomic E-state index is 0.247. The molecule has 0 spiro atoms. The Hall–Kier alpha value is -0.0877. The summed E-state index contributed by atoms with van der Waals surface area (Å²) in [6.07, 6.45) is 16.4. The molecule has 2 aliphatic carbocycles. The van der Waals surface area contributed by atoms with Gasteiger partial charge in [0, 0.05) is 0 Å². The molecule has 0 amide bonds. The van der Waals surface area contributed by atoms with Crippen molar-refractivity contribution in [3.8, 4) is 0 Å². The summed E-state index contributed by atoms with van der Waals surface area (Å²) in [7, 11) is 7.22. The average molecular weight is 468 g/mol. The molecule has 0 radical (unpaired) electrons. The summed E-state index contributed by atoms with van der Waals surface area (Å²) in [6, 6.07) is 0. The summed E-state index contributed by atoms with van der Waals surface area (Å²) in [6.45, 7) is 18.9. The molecule has 0 aliphatic heterocycles. The predicted molar refractivity (Wildman–Crippen MR) is 114 cm³/mol. The first-order valence-electron chi connectivity index (χ1n) is 10.1. The van der Waals surface area contributed by atoms with Crippen LogP contribution in [0.4, 0.5) is 0 Å². The maximum atomic E-state index is 7.22.